The van der Waals surface area contributed by atoms with Crippen LogP contribution in [0.5, 0.6) is 11.5 Å². The molecule has 3 aromatic carbocycles. The molecule has 2 aromatic heterocycles. The quantitative estimate of drug-likeness (QED) is 0.138. The Bertz CT molecular complexity index is 2610. The van der Waals surface area contributed by atoms with E-state index in [1.165, 1.54) is 35.2 Å². The first-order chi connectivity index (χ1) is 30.0. The van der Waals surface area contributed by atoms with Crippen LogP contribution in [0.1, 0.15) is 92.9 Å². The SMILES string of the molecule is Cn1nc(N2CCC(=O)NC2=O)c2cc(F)c(C3CCC(N4CCC5(CC4)CC(c4cnc6ccc(Oc7c(F)ccc(NSN8CCC(F)C8)c7C#N)cc6n4)C5)CC3)cc21. The van der Waals surface area contributed by atoms with E-state index in [-0.39, 0.29) is 53.9 Å². The number of nitrogens with zero attached hydrogens (tertiary/aromatic N) is 8. The molecule has 5 aliphatic rings. The number of rotatable bonds is 9. The Morgan fingerprint density at radius 1 is 0.952 bits per heavy atom. The standard InChI is InChI=1S/C45H47F3N10O3S/c1-55-40-20-31(35(48)19-32(40)43(53-55)58-15-11-41(59)52-44(58)60)26-2-4-29(5-3-26)56-16-12-45(13-17-56)21-27(22-45)39-24-50-37-8-6-30(18-38(37)51-39)61-42-33(23-49)36(9-7-34(42)47)54-62-57-14-10-28(46)25-57/h6-9,18-20,24,26-29,54H,2-5,10-17,21-22,25H2,1H3,(H,52,59,60). The van der Waals surface area contributed by atoms with Crippen molar-refractivity contribution in [1.29, 1.82) is 5.26 Å². The number of benzene rings is 3. The van der Waals surface area contributed by atoms with Crippen LogP contribution in [0.15, 0.2) is 48.7 Å². The number of alkyl halides is 1. The number of hydrogen-bond acceptors (Lipinski definition) is 11. The predicted octanol–water partition coefficient (Wildman–Crippen LogP) is 8.61. The maximum Gasteiger partial charge on any atom is 0.329 e. The molecule has 1 unspecified atom stereocenters. The van der Waals surface area contributed by atoms with Gasteiger partial charge in [0.25, 0.3) is 0 Å². The molecular formula is C45H47F3N10O3S. The molecule has 10 rings (SSSR count). The van der Waals surface area contributed by atoms with Crippen molar-refractivity contribution in [3.8, 4) is 17.6 Å². The number of piperidine rings is 1. The molecule has 2 aliphatic carbocycles. The number of imide groups is 1. The van der Waals surface area contributed by atoms with Crippen LogP contribution in [0.4, 0.5) is 29.5 Å². The van der Waals surface area contributed by atoms with Gasteiger partial charge >= 0.3 is 6.03 Å². The molecule has 1 atom stereocenters. The van der Waals surface area contributed by atoms with E-state index >= 15 is 8.78 Å². The number of halogens is 3. The minimum absolute atomic E-state index is 0.0182. The Kier molecular flexibility index (Phi) is 10.7. The Morgan fingerprint density at radius 3 is 2.50 bits per heavy atom. The number of aromatic nitrogens is 4. The fraction of sp³-hybridized carbons (Fsp3) is 0.467. The van der Waals surface area contributed by atoms with Gasteiger partial charge in [-0.3, -0.25) is 24.7 Å². The van der Waals surface area contributed by atoms with Crippen LogP contribution in [0.3, 0.4) is 0 Å². The van der Waals surface area contributed by atoms with Crippen LogP contribution >= 0.6 is 12.1 Å². The average Bonchev–Trinajstić information content (AvgIpc) is 3.83. The van der Waals surface area contributed by atoms with E-state index in [2.05, 4.69) is 26.1 Å². The lowest BCUT2D eigenvalue weighted by Gasteiger charge is -2.53. The summed E-state index contributed by atoms with van der Waals surface area (Å²) in [5, 5.41) is 17.4. The topological polar surface area (TPSA) is 145 Å². The summed E-state index contributed by atoms with van der Waals surface area (Å²) >= 11 is 1.19. The van der Waals surface area contributed by atoms with E-state index in [0.29, 0.717) is 64.2 Å². The van der Waals surface area contributed by atoms with E-state index < -0.39 is 18.0 Å². The van der Waals surface area contributed by atoms with Gasteiger partial charge in [0.15, 0.2) is 17.4 Å². The van der Waals surface area contributed by atoms with Crippen LogP contribution < -0.4 is 19.7 Å². The third-order valence-corrected chi connectivity index (χ3v) is 14.8. The van der Waals surface area contributed by atoms with Gasteiger partial charge in [-0.05, 0) is 124 Å². The summed E-state index contributed by atoms with van der Waals surface area (Å²) in [7, 11) is 1.80. The van der Waals surface area contributed by atoms with Crippen LogP contribution in [-0.4, -0.2) is 85.8 Å². The number of hydrogen-bond donors (Lipinski definition) is 2. The van der Waals surface area contributed by atoms with Crippen molar-refractivity contribution >= 4 is 57.5 Å². The zero-order valence-corrected chi connectivity index (χ0v) is 35.2. The number of aryl methyl sites for hydroxylation is 1. The number of urea groups is 1. The third kappa shape index (κ3) is 7.70. The normalized spacial score (nSPS) is 23.5. The zero-order valence-electron chi connectivity index (χ0n) is 34.4. The lowest BCUT2D eigenvalue weighted by molar-refractivity contribution is -0.120. The Hall–Kier alpha value is -5.44. The number of carbonyl (C=O) groups is 2. The molecule has 322 valence electrons. The van der Waals surface area contributed by atoms with Gasteiger partial charge in [-0.25, -0.2) is 27.3 Å². The van der Waals surface area contributed by atoms with Gasteiger partial charge in [0.1, 0.15) is 29.4 Å². The van der Waals surface area contributed by atoms with Crippen LogP contribution in [0.2, 0.25) is 0 Å². The van der Waals surface area contributed by atoms with Crippen molar-refractivity contribution in [3.05, 3.63) is 77.1 Å². The molecule has 5 heterocycles. The minimum atomic E-state index is -0.888. The fourth-order valence-corrected chi connectivity index (χ4v) is 11.2. The molecule has 5 aromatic rings. The van der Waals surface area contributed by atoms with Crippen molar-refractivity contribution in [1.82, 2.24) is 34.3 Å². The van der Waals surface area contributed by atoms with Gasteiger partial charge in [0.05, 0.1) is 27.9 Å². The molecule has 13 nitrogen and oxygen atoms in total. The number of nitriles is 1. The summed E-state index contributed by atoms with van der Waals surface area (Å²) in [5.41, 5.74) is 4.43. The Labute approximate surface area is 361 Å². The lowest BCUT2D eigenvalue weighted by atomic mass is 9.56. The van der Waals surface area contributed by atoms with Gasteiger partial charge in [0, 0.05) is 74.8 Å². The second-order valence-electron chi connectivity index (χ2n) is 17.7. The second kappa shape index (κ2) is 16.4. The first-order valence-electron chi connectivity index (χ1n) is 21.5. The molecule has 1 spiro atoms. The fourth-order valence-electron chi connectivity index (χ4n) is 10.4. The van der Waals surface area contributed by atoms with E-state index in [0.717, 1.165) is 75.7 Å². The molecule has 62 heavy (non-hydrogen) atoms. The lowest BCUT2D eigenvalue weighted by Crippen LogP contribution is -2.50. The number of anilines is 2. The molecule has 3 aliphatic heterocycles. The van der Waals surface area contributed by atoms with Gasteiger partial charge in [-0.1, -0.05) is 0 Å². The predicted molar refractivity (Wildman–Crippen MR) is 229 cm³/mol. The van der Waals surface area contributed by atoms with E-state index in [1.54, 1.807) is 29.9 Å². The summed E-state index contributed by atoms with van der Waals surface area (Å²) in [6, 6.07) is 13.3. The molecule has 17 heteroatoms. The van der Waals surface area contributed by atoms with Crippen LogP contribution in [0, 0.1) is 28.4 Å². The van der Waals surface area contributed by atoms with Crippen LogP contribution in [0.25, 0.3) is 21.9 Å². The Balaban J connectivity index is 0.738. The van der Waals surface area contributed by atoms with Crippen molar-refractivity contribution in [2.24, 2.45) is 12.5 Å². The molecule has 3 amide bonds. The molecular weight excluding hydrogens is 818 g/mol. The summed E-state index contributed by atoms with van der Waals surface area (Å²) in [6.07, 6.45) is 9.82. The number of likely N-dealkylation sites (tertiary alicyclic amines) is 1. The third-order valence-electron chi connectivity index (χ3n) is 13.9. The van der Waals surface area contributed by atoms with Crippen molar-refractivity contribution < 1.29 is 27.5 Å². The largest absolute Gasteiger partial charge is 0.453 e. The molecule has 5 fully saturated rings. The molecule has 2 N–H and O–H groups in total. The number of fused-ring (bicyclic) bond motifs is 2. The highest BCUT2D eigenvalue weighted by Crippen LogP contribution is 2.57. The Morgan fingerprint density at radius 2 is 1.76 bits per heavy atom. The number of amides is 3. The highest BCUT2D eigenvalue weighted by molar-refractivity contribution is 7.98. The molecule has 0 radical (unpaired) electrons. The highest BCUT2D eigenvalue weighted by Gasteiger charge is 2.47. The molecule has 0 bridgehead atoms. The van der Waals surface area contributed by atoms with Gasteiger partial charge in [0.2, 0.25) is 5.91 Å². The van der Waals surface area contributed by atoms with Gasteiger partial charge < -0.3 is 14.4 Å². The molecule has 3 saturated heterocycles. The number of ether oxygens (including phenoxy) is 1. The minimum Gasteiger partial charge on any atom is -0.453 e. The van der Waals surface area contributed by atoms with E-state index in [1.807, 2.05) is 16.6 Å². The summed E-state index contributed by atoms with van der Waals surface area (Å²) < 4.78 is 57.1. The second-order valence-corrected chi connectivity index (χ2v) is 18.6. The maximum absolute atomic E-state index is 15.8. The van der Waals surface area contributed by atoms with E-state index in [4.69, 9.17) is 14.7 Å². The summed E-state index contributed by atoms with van der Waals surface area (Å²) in [4.78, 5) is 38.0. The molecule has 2 saturated carbocycles. The monoisotopic (exact) mass is 864 g/mol. The van der Waals surface area contributed by atoms with Crippen molar-refractivity contribution in [3.63, 3.8) is 0 Å². The summed E-state index contributed by atoms with van der Waals surface area (Å²) in [5.74, 6) is -0.344. The first kappa shape index (κ1) is 40.6. The summed E-state index contributed by atoms with van der Waals surface area (Å²) in [6.45, 7) is 3.16. The van der Waals surface area contributed by atoms with Crippen LogP contribution in [-0.2, 0) is 11.8 Å². The number of carbonyl (C=O) groups excluding carboxylic acids is 2. The van der Waals surface area contributed by atoms with Crippen molar-refractivity contribution in [2.45, 2.75) is 88.3 Å². The zero-order chi connectivity index (χ0) is 42.7. The number of nitrogens with one attached hydrogen (secondary N) is 2. The first-order valence-corrected chi connectivity index (χ1v) is 22.3. The highest BCUT2D eigenvalue weighted by atomic mass is 32.2. The van der Waals surface area contributed by atoms with Gasteiger partial charge in [-0.15, -0.1) is 0 Å². The smallest absolute Gasteiger partial charge is 0.329 e. The van der Waals surface area contributed by atoms with Crippen molar-refractivity contribution in [2.75, 3.05) is 42.3 Å². The maximum atomic E-state index is 15.8. The average molecular weight is 865 g/mol. The van der Waals surface area contributed by atoms with E-state index in [9.17, 15) is 19.2 Å². The van der Waals surface area contributed by atoms with Gasteiger partial charge in [-0.2, -0.15) is 10.4 Å².